The summed E-state index contributed by atoms with van der Waals surface area (Å²) in [6.45, 7) is 7.86. The van der Waals surface area contributed by atoms with Crippen LogP contribution in [0.2, 0.25) is 0 Å². The van der Waals surface area contributed by atoms with Crippen molar-refractivity contribution in [3.8, 4) is 5.75 Å². The standard InChI is InChI=1S/C27H31N3O3/c1-18(2)33-23-12-10-21(11-13-23)9-8-20(4)29-27(32)24-7-5-6-19(3)25(24)30-26(31)22-14-16-28-17-15-22/h5-7,10-18,20H,8-9H2,1-4H3,(H,29,32)(H,30,31). The number of carbonyl (C=O) groups is 2. The van der Waals surface area contributed by atoms with Gasteiger partial charge in [-0.05, 0) is 82.0 Å². The van der Waals surface area contributed by atoms with Crippen molar-refractivity contribution in [2.75, 3.05) is 5.32 Å². The molecule has 33 heavy (non-hydrogen) atoms. The Morgan fingerprint density at radius 2 is 1.64 bits per heavy atom. The van der Waals surface area contributed by atoms with Gasteiger partial charge in [0.1, 0.15) is 5.75 Å². The number of ether oxygens (including phenoxy) is 1. The smallest absolute Gasteiger partial charge is 0.255 e. The molecule has 0 radical (unpaired) electrons. The van der Waals surface area contributed by atoms with E-state index in [1.54, 1.807) is 30.6 Å². The molecule has 0 bridgehead atoms. The third kappa shape index (κ3) is 6.91. The molecule has 0 saturated carbocycles. The average Bonchev–Trinajstić information content (AvgIpc) is 2.80. The van der Waals surface area contributed by atoms with Crippen LogP contribution in [-0.4, -0.2) is 28.9 Å². The molecule has 2 amide bonds. The molecule has 6 heteroatoms. The SMILES string of the molecule is Cc1cccc(C(=O)NC(C)CCc2ccc(OC(C)C)cc2)c1NC(=O)c1ccncc1. The van der Waals surface area contributed by atoms with Gasteiger partial charge in [0.05, 0.1) is 17.4 Å². The fraction of sp³-hybridized carbons (Fsp3) is 0.296. The summed E-state index contributed by atoms with van der Waals surface area (Å²) in [5.74, 6) is 0.367. The molecule has 172 valence electrons. The van der Waals surface area contributed by atoms with Crippen LogP contribution in [0.15, 0.2) is 67.0 Å². The number of aromatic nitrogens is 1. The first kappa shape index (κ1) is 24.0. The van der Waals surface area contributed by atoms with Crippen LogP contribution in [0.4, 0.5) is 5.69 Å². The summed E-state index contributed by atoms with van der Waals surface area (Å²) in [5, 5.41) is 5.95. The lowest BCUT2D eigenvalue weighted by Crippen LogP contribution is -2.33. The van der Waals surface area contributed by atoms with Gasteiger partial charge < -0.3 is 15.4 Å². The van der Waals surface area contributed by atoms with Gasteiger partial charge in [-0.25, -0.2) is 0 Å². The van der Waals surface area contributed by atoms with E-state index in [1.807, 2.05) is 52.0 Å². The Morgan fingerprint density at radius 1 is 0.939 bits per heavy atom. The van der Waals surface area contributed by atoms with Crippen molar-refractivity contribution in [1.29, 1.82) is 0 Å². The van der Waals surface area contributed by atoms with Crippen LogP contribution in [0.25, 0.3) is 0 Å². The van der Waals surface area contributed by atoms with Crippen LogP contribution in [0, 0.1) is 6.92 Å². The van der Waals surface area contributed by atoms with E-state index >= 15 is 0 Å². The molecule has 3 rings (SSSR count). The van der Waals surface area contributed by atoms with Gasteiger partial charge in [-0.1, -0.05) is 24.3 Å². The van der Waals surface area contributed by atoms with Crippen LogP contribution in [0.5, 0.6) is 5.75 Å². The van der Waals surface area contributed by atoms with Crippen LogP contribution in [0.1, 0.15) is 59.0 Å². The van der Waals surface area contributed by atoms with E-state index < -0.39 is 0 Å². The van der Waals surface area contributed by atoms with Gasteiger partial charge in [0.15, 0.2) is 0 Å². The van der Waals surface area contributed by atoms with E-state index in [9.17, 15) is 9.59 Å². The van der Waals surface area contributed by atoms with Gasteiger partial charge in [-0.3, -0.25) is 14.6 Å². The number of benzene rings is 2. The van der Waals surface area contributed by atoms with Crippen LogP contribution < -0.4 is 15.4 Å². The predicted molar refractivity (Wildman–Crippen MR) is 131 cm³/mol. The van der Waals surface area contributed by atoms with E-state index in [-0.39, 0.29) is 24.0 Å². The Hall–Kier alpha value is -3.67. The number of aryl methyl sites for hydroxylation is 2. The minimum Gasteiger partial charge on any atom is -0.491 e. The van der Waals surface area contributed by atoms with E-state index in [0.717, 1.165) is 24.2 Å². The second kappa shape index (κ2) is 11.3. The molecular weight excluding hydrogens is 414 g/mol. The zero-order valence-corrected chi connectivity index (χ0v) is 19.6. The van der Waals surface area contributed by atoms with Crippen molar-refractivity contribution < 1.29 is 14.3 Å². The average molecular weight is 446 g/mol. The van der Waals surface area contributed by atoms with Crippen molar-refractivity contribution in [3.63, 3.8) is 0 Å². The van der Waals surface area contributed by atoms with Crippen LogP contribution in [-0.2, 0) is 6.42 Å². The third-order valence-corrected chi connectivity index (χ3v) is 5.24. The molecule has 2 aromatic carbocycles. The first-order valence-corrected chi connectivity index (χ1v) is 11.2. The Bertz CT molecular complexity index is 1080. The second-order valence-electron chi connectivity index (χ2n) is 8.41. The molecule has 0 spiro atoms. The minimum absolute atomic E-state index is 0.0339. The fourth-order valence-corrected chi connectivity index (χ4v) is 3.48. The highest BCUT2D eigenvalue weighted by Gasteiger charge is 2.18. The molecule has 1 heterocycles. The number of anilines is 1. The molecule has 1 aromatic heterocycles. The van der Waals surface area contributed by atoms with Gasteiger partial charge in [0.25, 0.3) is 11.8 Å². The van der Waals surface area contributed by atoms with Gasteiger partial charge in [0.2, 0.25) is 0 Å². The topological polar surface area (TPSA) is 80.3 Å². The van der Waals surface area contributed by atoms with Gasteiger partial charge in [0, 0.05) is 24.0 Å². The molecule has 6 nitrogen and oxygen atoms in total. The molecule has 3 aromatic rings. The van der Waals surface area contributed by atoms with Crippen molar-refractivity contribution in [2.45, 2.75) is 52.7 Å². The second-order valence-corrected chi connectivity index (χ2v) is 8.41. The van der Waals surface area contributed by atoms with Gasteiger partial charge >= 0.3 is 0 Å². The number of amides is 2. The number of rotatable bonds is 9. The Balaban J connectivity index is 1.61. The quantitative estimate of drug-likeness (QED) is 0.476. The number of carbonyl (C=O) groups excluding carboxylic acids is 2. The maximum absolute atomic E-state index is 13.0. The van der Waals surface area contributed by atoms with Crippen molar-refractivity contribution in [1.82, 2.24) is 10.3 Å². The van der Waals surface area contributed by atoms with E-state index in [0.29, 0.717) is 16.8 Å². The summed E-state index contributed by atoms with van der Waals surface area (Å²) < 4.78 is 5.68. The Labute approximate surface area is 195 Å². The summed E-state index contributed by atoms with van der Waals surface area (Å²) >= 11 is 0. The van der Waals surface area contributed by atoms with E-state index in [2.05, 4.69) is 27.8 Å². The lowest BCUT2D eigenvalue weighted by Gasteiger charge is -2.18. The number of hydrogen-bond acceptors (Lipinski definition) is 4. The fourth-order valence-electron chi connectivity index (χ4n) is 3.48. The van der Waals surface area contributed by atoms with Crippen molar-refractivity contribution in [2.24, 2.45) is 0 Å². The van der Waals surface area contributed by atoms with Gasteiger partial charge in [-0.2, -0.15) is 0 Å². The predicted octanol–water partition coefficient (Wildman–Crippen LogP) is 5.18. The monoisotopic (exact) mass is 445 g/mol. The highest BCUT2D eigenvalue weighted by molar-refractivity contribution is 6.09. The first-order valence-electron chi connectivity index (χ1n) is 11.2. The summed E-state index contributed by atoms with van der Waals surface area (Å²) in [6.07, 6.45) is 4.90. The minimum atomic E-state index is -0.279. The highest BCUT2D eigenvalue weighted by atomic mass is 16.5. The maximum Gasteiger partial charge on any atom is 0.255 e. The molecule has 0 aliphatic carbocycles. The molecule has 0 saturated heterocycles. The molecule has 0 fully saturated rings. The number of hydrogen-bond donors (Lipinski definition) is 2. The molecule has 1 atom stereocenters. The lowest BCUT2D eigenvalue weighted by atomic mass is 10.0. The number of pyridine rings is 1. The largest absolute Gasteiger partial charge is 0.491 e. The number of nitrogens with zero attached hydrogens (tertiary/aromatic N) is 1. The number of para-hydroxylation sites is 1. The van der Waals surface area contributed by atoms with Gasteiger partial charge in [-0.15, -0.1) is 0 Å². The first-order chi connectivity index (χ1) is 15.8. The van der Waals surface area contributed by atoms with E-state index in [4.69, 9.17) is 4.74 Å². The Morgan fingerprint density at radius 3 is 2.30 bits per heavy atom. The summed E-state index contributed by atoms with van der Waals surface area (Å²) in [5.41, 5.74) is 3.46. The molecule has 1 unspecified atom stereocenters. The third-order valence-electron chi connectivity index (χ3n) is 5.24. The van der Waals surface area contributed by atoms with Crippen molar-refractivity contribution in [3.05, 3.63) is 89.2 Å². The summed E-state index contributed by atoms with van der Waals surface area (Å²) in [4.78, 5) is 29.6. The van der Waals surface area contributed by atoms with Crippen LogP contribution >= 0.6 is 0 Å². The zero-order chi connectivity index (χ0) is 23.8. The van der Waals surface area contributed by atoms with Crippen molar-refractivity contribution >= 4 is 17.5 Å². The van der Waals surface area contributed by atoms with E-state index in [1.165, 1.54) is 5.56 Å². The Kier molecular flexibility index (Phi) is 8.19. The number of nitrogens with one attached hydrogen (secondary N) is 2. The molecular formula is C27H31N3O3. The molecule has 2 N–H and O–H groups in total. The summed E-state index contributed by atoms with van der Waals surface area (Å²) in [6, 6.07) is 16.7. The summed E-state index contributed by atoms with van der Waals surface area (Å²) in [7, 11) is 0. The van der Waals surface area contributed by atoms with Crippen LogP contribution in [0.3, 0.4) is 0 Å². The maximum atomic E-state index is 13.0. The normalized spacial score (nSPS) is 11.7. The lowest BCUT2D eigenvalue weighted by molar-refractivity contribution is 0.0939. The molecule has 0 aliphatic rings. The molecule has 0 aliphatic heterocycles. The zero-order valence-electron chi connectivity index (χ0n) is 19.6. The highest BCUT2D eigenvalue weighted by Crippen LogP contribution is 2.22.